The Morgan fingerprint density at radius 2 is 2.03 bits per heavy atom. The van der Waals surface area contributed by atoms with Crippen LogP contribution in [-0.4, -0.2) is 66.8 Å². The van der Waals surface area contributed by atoms with Crippen LogP contribution in [0.1, 0.15) is 5.56 Å². The molecule has 8 heteroatoms. The summed E-state index contributed by atoms with van der Waals surface area (Å²) in [6.45, 7) is 4.40. The van der Waals surface area contributed by atoms with Gasteiger partial charge in [-0.05, 0) is 35.4 Å². The molecule has 1 aromatic carbocycles. The number of hydrazone groups is 1. The number of nitrogens with zero attached hydrogens (tertiary/aromatic N) is 5. The van der Waals surface area contributed by atoms with Gasteiger partial charge in [0.25, 0.3) is 0 Å². The molecule has 29 heavy (non-hydrogen) atoms. The van der Waals surface area contributed by atoms with Crippen LogP contribution in [-0.2, 0) is 11.3 Å². The Hall–Kier alpha value is -3.10. The molecule has 1 unspecified atom stereocenters. The number of hydrogen-bond acceptors (Lipinski definition) is 6. The molecule has 2 saturated heterocycles. The number of urea groups is 1. The average Bonchev–Trinajstić information content (AvgIpc) is 3.15. The Morgan fingerprint density at radius 3 is 2.83 bits per heavy atom. The van der Waals surface area contributed by atoms with Gasteiger partial charge in [0, 0.05) is 38.6 Å². The molecule has 1 aromatic rings. The fourth-order valence-electron chi connectivity index (χ4n) is 3.95. The molecular formula is C21H24N6O2. The molecule has 1 N–H and O–H groups in total. The molecule has 8 nitrogen and oxygen atoms in total. The van der Waals surface area contributed by atoms with Gasteiger partial charge < -0.3 is 4.74 Å². The van der Waals surface area contributed by atoms with Gasteiger partial charge >= 0.3 is 6.03 Å². The third-order valence-corrected chi connectivity index (χ3v) is 5.60. The summed E-state index contributed by atoms with van der Waals surface area (Å²) < 4.78 is 5.41. The molecule has 0 bridgehead atoms. The van der Waals surface area contributed by atoms with Gasteiger partial charge in [-0.2, -0.15) is 10.2 Å². The molecule has 5 rings (SSSR count). The molecule has 3 heterocycles. The summed E-state index contributed by atoms with van der Waals surface area (Å²) in [5.41, 5.74) is 7.30. The molecule has 2 fully saturated rings. The first kappa shape index (κ1) is 18.0. The molecule has 0 aromatic heterocycles. The number of carbonyl (C=O) groups is 1. The topological polar surface area (TPSA) is 63.7 Å². The van der Waals surface area contributed by atoms with E-state index in [1.807, 2.05) is 36.4 Å². The first-order valence-electron chi connectivity index (χ1n) is 9.86. The van der Waals surface area contributed by atoms with Crippen molar-refractivity contribution in [2.75, 3.05) is 38.3 Å². The lowest BCUT2D eigenvalue weighted by Gasteiger charge is -2.32. The second kappa shape index (κ2) is 7.38. The van der Waals surface area contributed by atoms with E-state index in [-0.39, 0.29) is 12.1 Å². The molecule has 0 saturated carbocycles. The first-order valence-corrected chi connectivity index (χ1v) is 9.86. The van der Waals surface area contributed by atoms with Crippen LogP contribution in [0.2, 0.25) is 0 Å². The molecular weight excluding hydrogens is 368 g/mol. The predicted molar refractivity (Wildman–Crippen MR) is 111 cm³/mol. The summed E-state index contributed by atoms with van der Waals surface area (Å²) in [7, 11) is 1.78. The van der Waals surface area contributed by atoms with E-state index in [0.29, 0.717) is 0 Å². The van der Waals surface area contributed by atoms with Gasteiger partial charge in [-0.15, -0.1) is 5.12 Å². The number of nitrogens with one attached hydrogen (secondary N) is 1. The number of hydrogen-bond donors (Lipinski definition) is 1. The standard InChI is InChI=1S/C21H24N6O2/c1-24(18-7-5-16(6-8-18)15-25-11-13-29-14-12-25)21(28)27-23-19-4-2-3-17-9-10-22-26(27)20(17)19/h2-10,20,23H,11-15H2,1H3. The van der Waals surface area contributed by atoms with Crippen LogP contribution >= 0.6 is 0 Å². The molecule has 4 aliphatic rings. The number of amides is 2. The summed E-state index contributed by atoms with van der Waals surface area (Å²) in [6.07, 6.45) is 9.68. The van der Waals surface area contributed by atoms with Crippen LogP contribution in [0, 0.1) is 0 Å². The lowest BCUT2D eigenvalue weighted by Crippen LogP contribution is -2.51. The van der Waals surface area contributed by atoms with Crippen molar-refractivity contribution in [2.24, 2.45) is 5.10 Å². The maximum Gasteiger partial charge on any atom is 0.364 e. The van der Waals surface area contributed by atoms with Gasteiger partial charge in [-0.1, -0.05) is 24.3 Å². The van der Waals surface area contributed by atoms with Gasteiger partial charge in [0.2, 0.25) is 0 Å². The van der Waals surface area contributed by atoms with Crippen molar-refractivity contribution in [1.82, 2.24) is 20.6 Å². The van der Waals surface area contributed by atoms with Gasteiger partial charge in [0.15, 0.2) is 0 Å². The Morgan fingerprint density at radius 1 is 1.24 bits per heavy atom. The summed E-state index contributed by atoms with van der Waals surface area (Å²) in [6, 6.07) is 7.87. The highest BCUT2D eigenvalue weighted by Gasteiger charge is 2.42. The maximum absolute atomic E-state index is 13.2. The highest BCUT2D eigenvalue weighted by molar-refractivity contribution is 5.91. The molecule has 3 aliphatic heterocycles. The Balaban J connectivity index is 1.28. The summed E-state index contributed by atoms with van der Waals surface area (Å²) in [5.74, 6) is 0. The smallest absolute Gasteiger partial charge is 0.364 e. The fourth-order valence-corrected chi connectivity index (χ4v) is 3.95. The molecule has 0 radical (unpaired) electrons. The highest BCUT2D eigenvalue weighted by Crippen LogP contribution is 2.32. The molecule has 1 atom stereocenters. The van der Waals surface area contributed by atoms with Crippen molar-refractivity contribution in [2.45, 2.75) is 12.6 Å². The third kappa shape index (κ3) is 3.30. The number of allylic oxidation sites excluding steroid dienone is 3. The monoisotopic (exact) mass is 392 g/mol. The molecule has 1 aliphatic carbocycles. The van der Waals surface area contributed by atoms with Gasteiger partial charge in [-0.25, -0.2) is 4.79 Å². The second-order valence-electron chi connectivity index (χ2n) is 7.46. The first-order chi connectivity index (χ1) is 14.2. The zero-order chi connectivity index (χ0) is 19.8. The Kier molecular flexibility index (Phi) is 4.57. The van der Waals surface area contributed by atoms with Gasteiger partial charge in [0.05, 0.1) is 18.9 Å². The number of rotatable bonds is 3. The van der Waals surface area contributed by atoms with Crippen molar-refractivity contribution < 1.29 is 9.53 Å². The van der Waals surface area contributed by atoms with Gasteiger partial charge in [0.1, 0.15) is 6.04 Å². The van der Waals surface area contributed by atoms with Crippen LogP contribution in [0.25, 0.3) is 0 Å². The zero-order valence-electron chi connectivity index (χ0n) is 16.4. The minimum Gasteiger partial charge on any atom is -0.379 e. The van der Waals surface area contributed by atoms with Crippen molar-refractivity contribution in [1.29, 1.82) is 0 Å². The van der Waals surface area contributed by atoms with Crippen LogP contribution in [0.4, 0.5) is 10.5 Å². The van der Waals surface area contributed by atoms with Crippen molar-refractivity contribution in [3.63, 3.8) is 0 Å². The summed E-state index contributed by atoms with van der Waals surface area (Å²) in [4.78, 5) is 17.2. The summed E-state index contributed by atoms with van der Waals surface area (Å²) in [5, 5.41) is 7.55. The van der Waals surface area contributed by atoms with Crippen molar-refractivity contribution in [3.8, 4) is 0 Å². The van der Waals surface area contributed by atoms with E-state index >= 15 is 0 Å². The van der Waals surface area contributed by atoms with Crippen molar-refractivity contribution in [3.05, 3.63) is 65.4 Å². The third-order valence-electron chi connectivity index (χ3n) is 5.60. The fraction of sp³-hybridized carbons (Fsp3) is 0.333. The van der Waals surface area contributed by atoms with Gasteiger partial charge in [-0.3, -0.25) is 15.2 Å². The zero-order valence-corrected chi connectivity index (χ0v) is 16.4. The number of anilines is 1. The molecule has 150 valence electrons. The minimum atomic E-state index is -0.195. The molecule has 0 spiro atoms. The number of hydrazine groups is 2. The number of benzene rings is 1. The normalized spacial score (nSPS) is 22.7. The number of ether oxygens (including phenoxy) is 1. The SMILES string of the molecule is CN(C(=O)N1NC2=CC=CC3=CC=NN1C32)c1ccc(CN2CCOCC2)cc1. The predicted octanol–water partition coefficient (Wildman–Crippen LogP) is 1.86. The van der Waals surface area contributed by atoms with E-state index in [4.69, 9.17) is 4.74 Å². The Bertz CT molecular complexity index is 914. The van der Waals surface area contributed by atoms with E-state index in [9.17, 15) is 4.79 Å². The van der Waals surface area contributed by atoms with E-state index in [1.54, 1.807) is 23.3 Å². The largest absolute Gasteiger partial charge is 0.379 e. The lowest BCUT2D eigenvalue weighted by atomic mass is 9.99. The Labute approximate surface area is 169 Å². The van der Waals surface area contributed by atoms with E-state index in [1.165, 1.54) is 10.7 Å². The van der Waals surface area contributed by atoms with Crippen LogP contribution in [0.5, 0.6) is 0 Å². The van der Waals surface area contributed by atoms with E-state index in [0.717, 1.165) is 49.8 Å². The van der Waals surface area contributed by atoms with Crippen LogP contribution < -0.4 is 10.3 Å². The number of morpholine rings is 1. The lowest BCUT2D eigenvalue weighted by molar-refractivity contribution is 0.0205. The van der Waals surface area contributed by atoms with E-state index < -0.39 is 0 Å². The average molecular weight is 392 g/mol. The van der Waals surface area contributed by atoms with E-state index in [2.05, 4.69) is 27.6 Å². The maximum atomic E-state index is 13.2. The number of carbonyl (C=O) groups excluding carboxylic acids is 1. The quantitative estimate of drug-likeness (QED) is 0.851. The van der Waals surface area contributed by atoms with Crippen molar-refractivity contribution >= 4 is 17.9 Å². The van der Waals surface area contributed by atoms with Crippen LogP contribution in [0.3, 0.4) is 0 Å². The van der Waals surface area contributed by atoms with Crippen LogP contribution in [0.15, 0.2) is 64.9 Å². The minimum absolute atomic E-state index is 0.0711. The second-order valence-corrected chi connectivity index (χ2v) is 7.46. The summed E-state index contributed by atoms with van der Waals surface area (Å²) >= 11 is 0. The highest BCUT2D eigenvalue weighted by atomic mass is 16.5. The molecule has 2 amide bonds.